The minimum atomic E-state index is -0.0386. The molecule has 1 amide bonds. The highest BCUT2D eigenvalue weighted by molar-refractivity contribution is 6.35. The van der Waals surface area contributed by atoms with Crippen molar-refractivity contribution < 1.29 is 4.79 Å². The van der Waals surface area contributed by atoms with Crippen molar-refractivity contribution in [3.8, 4) is 0 Å². The first-order chi connectivity index (χ1) is 11.1. The van der Waals surface area contributed by atoms with Gasteiger partial charge in [-0.05, 0) is 36.6 Å². The average Bonchev–Trinajstić information content (AvgIpc) is 3.32. The lowest BCUT2D eigenvalue weighted by Crippen LogP contribution is -2.35. The van der Waals surface area contributed by atoms with Gasteiger partial charge in [-0.3, -0.25) is 4.79 Å². The topological polar surface area (TPSA) is 41.1 Å². The van der Waals surface area contributed by atoms with E-state index >= 15 is 0 Å². The maximum absolute atomic E-state index is 12.1. The van der Waals surface area contributed by atoms with Crippen LogP contribution in [0.2, 0.25) is 10.0 Å². The Morgan fingerprint density at radius 1 is 1.04 bits per heavy atom. The number of rotatable bonds is 6. The van der Waals surface area contributed by atoms with Crippen molar-refractivity contribution in [2.75, 3.05) is 18.4 Å². The van der Waals surface area contributed by atoms with Gasteiger partial charge in [0.15, 0.2) is 0 Å². The Morgan fingerprint density at radius 3 is 2.30 bits per heavy atom. The second-order valence-electron chi connectivity index (χ2n) is 5.93. The summed E-state index contributed by atoms with van der Waals surface area (Å²) < 4.78 is 0. The fraction of sp³-hybridized carbons (Fsp3) is 0.278. The Kier molecular flexibility index (Phi) is 4.79. The molecule has 5 heteroatoms. The Hall–Kier alpha value is -1.71. The second kappa shape index (κ2) is 6.81. The lowest BCUT2D eigenvalue weighted by molar-refractivity contribution is -0.119. The molecule has 3 rings (SSSR count). The predicted octanol–water partition coefficient (Wildman–Crippen LogP) is 4.25. The van der Waals surface area contributed by atoms with Crippen molar-refractivity contribution in [1.82, 2.24) is 5.32 Å². The van der Waals surface area contributed by atoms with Crippen molar-refractivity contribution >= 4 is 34.8 Å². The molecule has 0 saturated heterocycles. The summed E-state index contributed by atoms with van der Waals surface area (Å²) in [6.07, 6.45) is 2.24. The van der Waals surface area contributed by atoms with Gasteiger partial charge in [-0.25, -0.2) is 0 Å². The van der Waals surface area contributed by atoms with Crippen molar-refractivity contribution in [3.05, 3.63) is 64.1 Å². The molecule has 0 spiro atoms. The average molecular weight is 349 g/mol. The number of benzene rings is 2. The highest BCUT2D eigenvalue weighted by Gasteiger charge is 2.44. The zero-order valence-corrected chi connectivity index (χ0v) is 14.1. The number of anilines is 1. The lowest BCUT2D eigenvalue weighted by Gasteiger charge is -2.17. The first-order valence-electron chi connectivity index (χ1n) is 7.60. The van der Waals surface area contributed by atoms with Gasteiger partial charge >= 0.3 is 0 Å². The molecule has 2 N–H and O–H groups in total. The van der Waals surface area contributed by atoms with E-state index in [1.807, 2.05) is 18.2 Å². The molecule has 120 valence electrons. The quantitative estimate of drug-likeness (QED) is 0.818. The minimum Gasteiger partial charge on any atom is -0.376 e. The predicted molar refractivity (Wildman–Crippen MR) is 95.3 cm³/mol. The molecule has 0 aromatic heterocycles. The van der Waals surface area contributed by atoms with Gasteiger partial charge in [0.2, 0.25) is 5.91 Å². The highest BCUT2D eigenvalue weighted by Crippen LogP contribution is 2.47. The largest absolute Gasteiger partial charge is 0.376 e. The smallest absolute Gasteiger partial charge is 0.239 e. The number of nitrogens with one attached hydrogen (secondary N) is 2. The van der Waals surface area contributed by atoms with Crippen LogP contribution < -0.4 is 10.6 Å². The van der Waals surface area contributed by atoms with Gasteiger partial charge in [0.1, 0.15) is 0 Å². The van der Waals surface area contributed by atoms with E-state index < -0.39 is 0 Å². The van der Waals surface area contributed by atoms with Crippen LogP contribution in [0.4, 0.5) is 5.69 Å². The summed E-state index contributed by atoms with van der Waals surface area (Å²) in [4.78, 5) is 12.1. The maximum atomic E-state index is 12.1. The van der Waals surface area contributed by atoms with Crippen LogP contribution in [0.1, 0.15) is 18.4 Å². The number of hydrogen-bond donors (Lipinski definition) is 2. The molecule has 0 atom stereocenters. The van der Waals surface area contributed by atoms with Gasteiger partial charge in [0, 0.05) is 27.7 Å². The molecule has 1 fully saturated rings. The molecule has 2 aromatic rings. The van der Waals surface area contributed by atoms with E-state index in [0.717, 1.165) is 18.5 Å². The summed E-state index contributed by atoms with van der Waals surface area (Å²) in [6.45, 7) is 0.870. The molecule has 2 aromatic carbocycles. The van der Waals surface area contributed by atoms with Crippen molar-refractivity contribution in [1.29, 1.82) is 0 Å². The maximum Gasteiger partial charge on any atom is 0.239 e. The third-order valence-corrected chi connectivity index (χ3v) is 4.62. The van der Waals surface area contributed by atoms with E-state index in [1.54, 1.807) is 18.2 Å². The van der Waals surface area contributed by atoms with Gasteiger partial charge in [-0.1, -0.05) is 53.5 Å². The number of halogens is 2. The van der Waals surface area contributed by atoms with Crippen LogP contribution in [-0.2, 0) is 10.2 Å². The summed E-state index contributed by atoms with van der Waals surface area (Å²) >= 11 is 11.9. The van der Waals surface area contributed by atoms with Gasteiger partial charge in [0.05, 0.1) is 6.54 Å². The summed E-state index contributed by atoms with van der Waals surface area (Å²) in [5.41, 5.74) is 2.16. The van der Waals surface area contributed by atoms with Crippen LogP contribution in [0.15, 0.2) is 48.5 Å². The SMILES string of the molecule is O=C(CNc1cc(Cl)cc(Cl)c1)NCC1(c2ccccc2)CC1. The molecule has 0 heterocycles. The van der Waals surface area contributed by atoms with Gasteiger partial charge in [-0.2, -0.15) is 0 Å². The summed E-state index contributed by atoms with van der Waals surface area (Å²) in [7, 11) is 0. The zero-order chi connectivity index (χ0) is 16.3. The molecule has 1 aliphatic carbocycles. The number of hydrogen-bond acceptors (Lipinski definition) is 2. The normalized spacial score (nSPS) is 15.0. The molecule has 23 heavy (non-hydrogen) atoms. The fourth-order valence-corrected chi connectivity index (χ4v) is 3.20. The van der Waals surface area contributed by atoms with Gasteiger partial charge in [-0.15, -0.1) is 0 Å². The van der Waals surface area contributed by atoms with Crippen LogP contribution in [0.3, 0.4) is 0 Å². The van der Waals surface area contributed by atoms with Crippen molar-refractivity contribution in [2.24, 2.45) is 0 Å². The Bertz CT molecular complexity index is 679. The van der Waals surface area contributed by atoms with E-state index in [1.165, 1.54) is 5.56 Å². The summed E-state index contributed by atoms with van der Waals surface area (Å²) in [5.74, 6) is -0.0386. The van der Waals surface area contributed by atoms with Crippen molar-refractivity contribution in [3.63, 3.8) is 0 Å². The highest BCUT2D eigenvalue weighted by atomic mass is 35.5. The van der Waals surface area contributed by atoms with Crippen molar-refractivity contribution in [2.45, 2.75) is 18.3 Å². The number of carbonyl (C=O) groups is 1. The monoisotopic (exact) mass is 348 g/mol. The molecule has 0 aliphatic heterocycles. The van der Waals surface area contributed by atoms with Crippen LogP contribution >= 0.6 is 23.2 Å². The Morgan fingerprint density at radius 2 is 1.70 bits per heavy atom. The van der Waals surface area contributed by atoms with E-state index in [4.69, 9.17) is 23.2 Å². The van der Waals surface area contributed by atoms with Crippen LogP contribution in [0.25, 0.3) is 0 Å². The van der Waals surface area contributed by atoms with Crippen LogP contribution in [-0.4, -0.2) is 19.0 Å². The van der Waals surface area contributed by atoms with Gasteiger partial charge in [0.25, 0.3) is 0 Å². The molecule has 0 radical (unpaired) electrons. The molecule has 0 unspecified atom stereocenters. The number of amides is 1. The first kappa shape index (κ1) is 16.2. The second-order valence-corrected chi connectivity index (χ2v) is 6.81. The Balaban J connectivity index is 1.50. The van der Waals surface area contributed by atoms with Gasteiger partial charge < -0.3 is 10.6 Å². The molecular weight excluding hydrogens is 331 g/mol. The van der Waals surface area contributed by atoms with Crippen LogP contribution in [0, 0.1) is 0 Å². The first-order valence-corrected chi connectivity index (χ1v) is 8.35. The molecular formula is C18H18Cl2N2O. The van der Waals surface area contributed by atoms with Crippen LogP contribution in [0.5, 0.6) is 0 Å². The molecule has 0 bridgehead atoms. The zero-order valence-electron chi connectivity index (χ0n) is 12.6. The standard InChI is InChI=1S/C18H18Cl2N2O/c19-14-8-15(20)10-16(9-14)21-11-17(23)22-12-18(6-7-18)13-4-2-1-3-5-13/h1-5,8-10,21H,6-7,11-12H2,(H,22,23). The lowest BCUT2D eigenvalue weighted by atomic mass is 9.96. The van der Waals surface area contributed by atoms with E-state index in [9.17, 15) is 4.79 Å². The number of carbonyl (C=O) groups excluding carboxylic acids is 1. The molecule has 1 aliphatic rings. The summed E-state index contributed by atoms with van der Waals surface area (Å²) in [6, 6.07) is 15.5. The Labute approximate surface area is 146 Å². The molecule has 3 nitrogen and oxygen atoms in total. The fourth-order valence-electron chi connectivity index (χ4n) is 2.68. The third kappa shape index (κ3) is 4.18. The van der Waals surface area contributed by atoms with E-state index in [2.05, 4.69) is 22.8 Å². The van der Waals surface area contributed by atoms with E-state index in [-0.39, 0.29) is 17.9 Å². The summed E-state index contributed by atoms with van der Waals surface area (Å²) in [5, 5.41) is 7.14. The minimum absolute atomic E-state index is 0.0386. The third-order valence-electron chi connectivity index (χ3n) is 4.18. The van der Waals surface area contributed by atoms with E-state index in [0.29, 0.717) is 16.6 Å². The molecule has 1 saturated carbocycles.